The van der Waals surface area contributed by atoms with Gasteiger partial charge in [0, 0.05) is 17.3 Å². The van der Waals surface area contributed by atoms with E-state index in [4.69, 9.17) is 0 Å². The summed E-state index contributed by atoms with van der Waals surface area (Å²) in [5.74, 6) is -0.482. The van der Waals surface area contributed by atoms with Crippen molar-refractivity contribution in [3.05, 3.63) is 70.0 Å². The second kappa shape index (κ2) is 6.02. The first-order valence-corrected chi connectivity index (χ1v) is 9.72. The number of Topliss-reactive ketones (excluding diaryl/α,β-unsaturated/α-hetero) is 1. The summed E-state index contributed by atoms with van der Waals surface area (Å²) in [7, 11) is 1.64. The van der Waals surface area contributed by atoms with Crippen LogP contribution in [0.2, 0.25) is 0 Å². The molecule has 0 bridgehead atoms. The molecule has 0 amide bonds. The summed E-state index contributed by atoms with van der Waals surface area (Å²) in [5.41, 5.74) is 0.296. The van der Waals surface area contributed by atoms with Crippen LogP contribution in [-0.2, 0) is 12.5 Å². The van der Waals surface area contributed by atoms with Gasteiger partial charge in [0.15, 0.2) is 5.78 Å². The predicted octanol–water partition coefficient (Wildman–Crippen LogP) is 3.88. The molecule has 1 aliphatic rings. The van der Waals surface area contributed by atoms with Gasteiger partial charge in [-0.05, 0) is 42.9 Å². The Morgan fingerprint density at radius 2 is 1.85 bits per heavy atom. The third kappa shape index (κ3) is 2.38. The first kappa shape index (κ1) is 16.9. The van der Waals surface area contributed by atoms with E-state index in [0.717, 1.165) is 10.5 Å². The number of pyridine rings is 1. The highest BCUT2D eigenvalue weighted by atomic mass is 32.2. The Balaban J connectivity index is 1.95. The lowest BCUT2D eigenvalue weighted by Crippen LogP contribution is -2.31. The molecule has 0 saturated heterocycles. The van der Waals surface area contributed by atoms with Crippen LogP contribution in [0.15, 0.2) is 58.2 Å². The molecule has 4 nitrogen and oxygen atoms in total. The van der Waals surface area contributed by atoms with Crippen molar-refractivity contribution in [2.75, 3.05) is 6.26 Å². The summed E-state index contributed by atoms with van der Waals surface area (Å²) >= 11 is 1.55. The van der Waals surface area contributed by atoms with Crippen LogP contribution in [0.25, 0.3) is 10.9 Å². The van der Waals surface area contributed by atoms with Gasteiger partial charge in [-0.2, -0.15) is 0 Å². The Morgan fingerprint density at radius 3 is 2.46 bits per heavy atom. The third-order valence-electron chi connectivity index (χ3n) is 5.31. The molecule has 0 atom stereocenters. The Labute approximate surface area is 155 Å². The minimum absolute atomic E-state index is 0.0976. The quantitative estimate of drug-likeness (QED) is 0.563. The number of nitrogens with zero attached hydrogens (tertiary/aromatic N) is 1. The van der Waals surface area contributed by atoms with Crippen molar-refractivity contribution >= 4 is 28.4 Å². The molecule has 2 aromatic carbocycles. The van der Waals surface area contributed by atoms with E-state index in [2.05, 4.69) is 0 Å². The van der Waals surface area contributed by atoms with Gasteiger partial charge in [0.25, 0.3) is 5.56 Å². The zero-order valence-electron chi connectivity index (χ0n) is 14.7. The number of aryl methyl sites for hydroxylation is 1. The summed E-state index contributed by atoms with van der Waals surface area (Å²) in [6.45, 7) is 0. The van der Waals surface area contributed by atoms with Crippen LogP contribution < -0.4 is 5.56 Å². The Kier molecular flexibility index (Phi) is 3.92. The Hall–Kier alpha value is -2.53. The highest BCUT2D eigenvalue weighted by molar-refractivity contribution is 7.98. The lowest BCUT2D eigenvalue weighted by molar-refractivity contribution is 0.0941. The molecule has 0 radical (unpaired) electrons. The molecule has 5 heteroatoms. The van der Waals surface area contributed by atoms with E-state index >= 15 is 0 Å². The second-order valence-corrected chi connectivity index (χ2v) is 7.63. The van der Waals surface area contributed by atoms with Crippen LogP contribution >= 0.6 is 11.8 Å². The average molecular weight is 365 g/mol. The molecule has 0 unspecified atom stereocenters. The van der Waals surface area contributed by atoms with Crippen LogP contribution in [0.5, 0.6) is 5.75 Å². The molecule has 1 N–H and O–H groups in total. The van der Waals surface area contributed by atoms with E-state index < -0.39 is 11.0 Å². The number of aromatic hydroxyl groups is 1. The van der Waals surface area contributed by atoms with Crippen molar-refractivity contribution in [1.82, 2.24) is 4.57 Å². The largest absolute Gasteiger partial charge is 0.506 e. The molecule has 132 valence electrons. The minimum atomic E-state index is -0.685. The summed E-state index contributed by atoms with van der Waals surface area (Å²) in [6, 6.07) is 15.1. The maximum absolute atomic E-state index is 13.3. The summed E-state index contributed by atoms with van der Waals surface area (Å²) in [6.07, 6.45) is 3.34. The fourth-order valence-electron chi connectivity index (χ4n) is 3.61. The molecule has 4 rings (SSSR count). The fraction of sp³-hybridized carbons (Fsp3) is 0.238. The molecule has 26 heavy (non-hydrogen) atoms. The predicted molar refractivity (Wildman–Crippen MR) is 104 cm³/mol. The van der Waals surface area contributed by atoms with Crippen molar-refractivity contribution in [2.45, 2.75) is 23.2 Å². The number of carbonyl (C=O) groups is 1. The third-order valence-corrected chi connectivity index (χ3v) is 6.04. The number of fused-ring (bicyclic) bond motifs is 1. The van der Waals surface area contributed by atoms with Gasteiger partial charge >= 0.3 is 0 Å². The molecular formula is C21H19NO3S. The van der Waals surface area contributed by atoms with Crippen molar-refractivity contribution < 1.29 is 9.90 Å². The number of thioether (sulfide) groups is 1. The molecule has 0 spiro atoms. The summed E-state index contributed by atoms with van der Waals surface area (Å²) < 4.78 is 1.45. The van der Waals surface area contributed by atoms with E-state index in [1.165, 1.54) is 4.57 Å². The summed E-state index contributed by atoms with van der Waals surface area (Å²) in [5, 5.41) is 11.4. The molecule has 3 aromatic rings. The minimum Gasteiger partial charge on any atom is -0.506 e. The monoisotopic (exact) mass is 365 g/mol. The average Bonchev–Trinajstić information content (AvgIpc) is 3.48. The van der Waals surface area contributed by atoms with E-state index in [1.807, 2.05) is 48.7 Å². The molecule has 1 fully saturated rings. The van der Waals surface area contributed by atoms with Gasteiger partial charge < -0.3 is 9.67 Å². The number of aromatic nitrogens is 1. The highest BCUT2D eigenvalue weighted by Gasteiger charge is 2.52. The zero-order chi connectivity index (χ0) is 18.5. The van der Waals surface area contributed by atoms with Gasteiger partial charge in [-0.15, -0.1) is 11.8 Å². The maximum atomic E-state index is 13.3. The zero-order valence-corrected chi connectivity index (χ0v) is 15.5. The molecule has 1 saturated carbocycles. The van der Waals surface area contributed by atoms with Gasteiger partial charge in [-0.1, -0.05) is 30.3 Å². The number of benzene rings is 2. The summed E-state index contributed by atoms with van der Waals surface area (Å²) in [4.78, 5) is 27.2. The van der Waals surface area contributed by atoms with Crippen molar-refractivity contribution in [1.29, 1.82) is 0 Å². The number of ketones is 1. The highest BCUT2D eigenvalue weighted by Crippen LogP contribution is 2.51. The second-order valence-electron chi connectivity index (χ2n) is 6.75. The molecule has 1 aliphatic carbocycles. The number of hydrogen-bond acceptors (Lipinski definition) is 4. The van der Waals surface area contributed by atoms with Gasteiger partial charge in [0.1, 0.15) is 11.3 Å². The lowest BCUT2D eigenvalue weighted by Gasteiger charge is -2.17. The maximum Gasteiger partial charge on any atom is 0.265 e. The number of carbonyl (C=O) groups excluding carboxylic acids is 1. The Bertz CT molecular complexity index is 1080. The molecule has 1 heterocycles. The fourth-order valence-corrected chi connectivity index (χ4v) is 4.05. The van der Waals surface area contributed by atoms with Crippen molar-refractivity contribution in [2.24, 2.45) is 7.05 Å². The molecular weight excluding hydrogens is 346 g/mol. The van der Waals surface area contributed by atoms with Gasteiger partial charge in [-0.3, -0.25) is 9.59 Å². The Morgan fingerprint density at radius 1 is 1.15 bits per heavy atom. The topological polar surface area (TPSA) is 59.3 Å². The van der Waals surface area contributed by atoms with Crippen LogP contribution in [0.4, 0.5) is 0 Å². The standard InChI is InChI=1S/C21H19NO3S/c1-22-16-9-8-14(26-2)12-15(16)18(23)17(20(22)25)19(24)21(10-11-21)13-6-4-3-5-7-13/h3-9,12,23H,10-11H2,1-2H3. The van der Waals surface area contributed by atoms with E-state index in [1.54, 1.807) is 24.9 Å². The first-order chi connectivity index (χ1) is 12.5. The van der Waals surface area contributed by atoms with Gasteiger partial charge in [0.2, 0.25) is 0 Å². The van der Waals surface area contributed by atoms with Crippen LogP contribution in [0, 0.1) is 0 Å². The molecule has 1 aromatic heterocycles. The van der Waals surface area contributed by atoms with Crippen LogP contribution in [0.3, 0.4) is 0 Å². The van der Waals surface area contributed by atoms with Gasteiger partial charge in [-0.25, -0.2) is 0 Å². The normalized spacial score (nSPS) is 15.2. The van der Waals surface area contributed by atoms with E-state index in [-0.39, 0.29) is 17.1 Å². The molecule has 0 aliphatic heterocycles. The SMILES string of the molecule is CSc1ccc2c(c1)c(O)c(C(=O)C1(c3ccccc3)CC1)c(=O)n2C. The van der Waals surface area contributed by atoms with Gasteiger partial charge in [0.05, 0.1) is 10.9 Å². The number of hydrogen-bond donors (Lipinski definition) is 1. The lowest BCUT2D eigenvalue weighted by atomic mass is 9.87. The van der Waals surface area contributed by atoms with Crippen molar-refractivity contribution in [3.8, 4) is 5.75 Å². The van der Waals surface area contributed by atoms with E-state index in [0.29, 0.717) is 23.7 Å². The van der Waals surface area contributed by atoms with Crippen LogP contribution in [-0.4, -0.2) is 21.7 Å². The van der Waals surface area contributed by atoms with Crippen molar-refractivity contribution in [3.63, 3.8) is 0 Å². The first-order valence-electron chi connectivity index (χ1n) is 8.49. The van der Waals surface area contributed by atoms with E-state index in [9.17, 15) is 14.7 Å². The number of rotatable bonds is 4. The smallest absolute Gasteiger partial charge is 0.265 e. The van der Waals surface area contributed by atoms with Crippen LogP contribution in [0.1, 0.15) is 28.8 Å².